The van der Waals surface area contributed by atoms with Crippen LogP contribution < -0.4 is 5.32 Å². The molecule has 2 aromatic heterocycles. The number of pyridine rings is 1. The Morgan fingerprint density at radius 3 is 2.64 bits per heavy atom. The molecule has 7 heteroatoms. The Kier molecular flexibility index (Phi) is 4.48. The van der Waals surface area contributed by atoms with Gasteiger partial charge in [0, 0.05) is 11.1 Å². The molecule has 3 rings (SSSR count). The number of anilines is 1. The lowest BCUT2D eigenvalue weighted by molar-refractivity contribution is 0.102. The standard InChI is InChI=1S/C18H18F2N4O/c1-10-8-11(2)21-12(3)16(10)18(25)22-17-13-6-4-5-7-14(13)24(23-17)9-15(19)20/h4-8,15H,9H2,1-3H3,(H,22,23,25). The first-order valence-electron chi connectivity index (χ1n) is 7.86. The van der Waals surface area contributed by atoms with Crippen LogP contribution in [0.5, 0.6) is 0 Å². The molecule has 0 spiro atoms. The Labute approximate surface area is 143 Å². The van der Waals surface area contributed by atoms with Gasteiger partial charge in [-0.3, -0.25) is 14.5 Å². The number of hydrogen-bond acceptors (Lipinski definition) is 3. The Balaban J connectivity index is 2.00. The van der Waals surface area contributed by atoms with Crippen molar-refractivity contribution in [3.63, 3.8) is 0 Å². The second-order valence-corrected chi connectivity index (χ2v) is 5.93. The number of carbonyl (C=O) groups is 1. The van der Waals surface area contributed by atoms with Crippen molar-refractivity contribution in [1.29, 1.82) is 0 Å². The molecule has 1 aromatic carbocycles. The van der Waals surface area contributed by atoms with Crippen molar-refractivity contribution in [3.8, 4) is 0 Å². The number of fused-ring (bicyclic) bond motifs is 1. The number of halogens is 2. The molecule has 0 saturated heterocycles. The molecular formula is C18H18F2N4O. The van der Waals surface area contributed by atoms with E-state index in [0.29, 0.717) is 22.2 Å². The van der Waals surface area contributed by atoms with Crippen molar-refractivity contribution in [2.24, 2.45) is 0 Å². The SMILES string of the molecule is Cc1cc(C)c(C(=O)Nc2nn(CC(F)F)c3ccccc23)c(C)n1. The van der Waals surface area contributed by atoms with Gasteiger partial charge in [-0.05, 0) is 44.5 Å². The number of carbonyl (C=O) groups excluding carboxylic acids is 1. The monoisotopic (exact) mass is 344 g/mol. The zero-order valence-electron chi connectivity index (χ0n) is 14.2. The van der Waals surface area contributed by atoms with E-state index in [-0.39, 0.29) is 11.7 Å². The molecule has 1 amide bonds. The highest BCUT2D eigenvalue weighted by molar-refractivity contribution is 6.09. The largest absolute Gasteiger partial charge is 0.304 e. The van der Waals surface area contributed by atoms with Gasteiger partial charge in [-0.15, -0.1) is 0 Å². The molecule has 130 valence electrons. The number of rotatable bonds is 4. The molecule has 0 aliphatic heterocycles. The van der Waals surface area contributed by atoms with Gasteiger partial charge in [0.1, 0.15) is 6.54 Å². The zero-order chi connectivity index (χ0) is 18.1. The third kappa shape index (κ3) is 3.35. The number of amides is 1. The zero-order valence-corrected chi connectivity index (χ0v) is 14.2. The Morgan fingerprint density at radius 1 is 1.24 bits per heavy atom. The average Bonchev–Trinajstić information content (AvgIpc) is 2.83. The second kappa shape index (κ2) is 6.58. The molecule has 0 unspecified atom stereocenters. The van der Waals surface area contributed by atoms with Crippen LogP contribution in [0.25, 0.3) is 10.9 Å². The molecule has 0 atom stereocenters. The minimum atomic E-state index is -2.53. The van der Waals surface area contributed by atoms with Crippen LogP contribution in [0.4, 0.5) is 14.6 Å². The minimum Gasteiger partial charge on any atom is -0.304 e. The molecule has 2 heterocycles. The number of aryl methyl sites for hydroxylation is 3. The van der Waals surface area contributed by atoms with Gasteiger partial charge in [0.2, 0.25) is 0 Å². The van der Waals surface area contributed by atoms with Crippen LogP contribution in [0, 0.1) is 20.8 Å². The van der Waals surface area contributed by atoms with Gasteiger partial charge in [-0.25, -0.2) is 8.78 Å². The summed E-state index contributed by atoms with van der Waals surface area (Å²) in [5.74, 6) is -0.0874. The van der Waals surface area contributed by atoms with Gasteiger partial charge >= 0.3 is 0 Å². The van der Waals surface area contributed by atoms with Gasteiger partial charge in [-0.1, -0.05) is 12.1 Å². The van der Waals surface area contributed by atoms with Crippen LogP contribution in [0.2, 0.25) is 0 Å². The first-order chi connectivity index (χ1) is 11.9. The summed E-state index contributed by atoms with van der Waals surface area (Å²) in [6.45, 7) is 4.94. The lowest BCUT2D eigenvalue weighted by atomic mass is 10.1. The van der Waals surface area contributed by atoms with Crippen molar-refractivity contribution in [3.05, 3.63) is 52.8 Å². The average molecular weight is 344 g/mol. The summed E-state index contributed by atoms with van der Waals surface area (Å²) >= 11 is 0. The molecule has 0 fully saturated rings. The number of hydrogen-bond donors (Lipinski definition) is 1. The summed E-state index contributed by atoms with van der Waals surface area (Å²) in [6, 6.07) is 8.79. The van der Waals surface area contributed by atoms with E-state index >= 15 is 0 Å². The lowest BCUT2D eigenvalue weighted by Gasteiger charge is -2.10. The van der Waals surface area contributed by atoms with E-state index in [2.05, 4.69) is 15.4 Å². The van der Waals surface area contributed by atoms with Crippen molar-refractivity contribution < 1.29 is 13.6 Å². The van der Waals surface area contributed by atoms with Gasteiger partial charge in [0.25, 0.3) is 12.3 Å². The number of para-hydroxylation sites is 1. The van der Waals surface area contributed by atoms with Gasteiger partial charge < -0.3 is 5.32 Å². The summed E-state index contributed by atoms with van der Waals surface area (Å²) < 4.78 is 26.8. The molecule has 3 aromatic rings. The van der Waals surface area contributed by atoms with Gasteiger partial charge in [-0.2, -0.15) is 5.10 Å². The third-order valence-corrected chi connectivity index (χ3v) is 3.95. The van der Waals surface area contributed by atoms with E-state index in [1.54, 1.807) is 31.2 Å². The van der Waals surface area contributed by atoms with Crippen LogP contribution in [-0.4, -0.2) is 27.1 Å². The highest BCUT2D eigenvalue weighted by Gasteiger charge is 2.19. The summed E-state index contributed by atoms with van der Waals surface area (Å²) in [5, 5.41) is 7.51. The van der Waals surface area contributed by atoms with Crippen molar-refractivity contribution in [2.45, 2.75) is 33.7 Å². The second-order valence-electron chi connectivity index (χ2n) is 5.93. The predicted molar refractivity (Wildman–Crippen MR) is 92.1 cm³/mol. The van der Waals surface area contributed by atoms with Gasteiger partial charge in [0.05, 0.1) is 16.8 Å². The molecular weight excluding hydrogens is 326 g/mol. The first-order valence-corrected chi connectivity index (χ1v) is 7.86. The fraction of sp³-hybridized carbons (Fsp3) is 0.278. The normalized spacial score (nSPS) is 11.3. The first kappa shape index (κ1) is 17.0. The third-order valence-electron chi connectivity index (χ3n) is 3.95. The van der Waals surface area contributed by atoms with E-state index in [4.69, 9.17) is 0 Å². The highest BCUT2D eigenvalue weighted by atomic mass is 19.3. The Morgan fingerprint density at radius 2 is 1.96 bits per heavy atom. The fourth-order valence-electron chi connectivity index (χ4n) is 3.03. The molecule has 0 saturated carbocycles. The topological polar surface area (TPSA) is 59.8 Å². The van der Waals surface area contributed by atoms with E-state index in [1.807, 2.05) is 19.9 Å². The van der Waals surface area contributed by atoms with E-state index < -0.39 is 13.0 Å². The number of alkyl halides is 2. The van der Waals surface area contributed by atoms with Crippen LogP contribution >= 0.6 is 0 Å². The van der Waals surface area contributed by atoms with Gasteiger partial charge in [0.15, 0.2) is 5.82 Å². The van der Waals surface area contributed by atoms with Crippen molar-refractivity contribution in [2.75, 3.05) is 5.32 Å². The molecule has 0 aliphatic rings. The van der Waals surface area contributed by atoms with Crippen LogP contribution in [0.3, 0.4) is 0 Å². The molecule has 5 nitrogen and oxygen atoms in total. The Bertz CT molecular complexity index is 926. The maximum absolute atomic E-state index is 12.8. The maximum Gasteiger partial charge on any atom is 0.258 e. The van der Waals surface area contributed by atoms with Crippen molar-refractivity contribution in [1.82, 2.24) is 14.8 Å². The number of nitrogens with zero attached hydrogens (tertiary/aromatic N) is 3. The van der Waals surface area contributed by atoms with Crippen LogP contribution in [-0.2, 0) is 6.54 Å². The van der Waals surface area contributed by atoms with Crippen LogP contribution in [0.1, 0.15) is 27.3 Å². The quantitative estimate of drug-likeness (QED) is 0.781. The number of benzene rings is 1. The van der Waals surface area contributed by atoms with E-state index in [9.17, 15) is 13.6 Å². The van der Waals surface area contributed by atoms with Crippen molar-refractivity contribution >= 4 is 22.6 Å². The highest BCUT2D eigenvalue weighted by Crippen LogP contribution is 2.24. The summed E-state index contributed by atoms with van der Waals surface area (Å²) in [6.07, 6.45) is -2.53. The molecule has 0 radical (unpaired) electrons. The number of nitrogens with one attached hydrogen (secondary N) is 1. The summed E-state index contributed by atoms with van der Waals surface area (Å²) in [4.78, 5) is 17.0. The smallest absolute Gasteiger partial charge is 0.258 e. The molecule has 0 bridgehead atoms. The predicted octanol–water partition coefficient (Wildman–Crippen LogP) is 3.87. The minimum absolute atomic E-state index is 0.264. The van der Waals surface area contributed by atoms with Crippen LogP contribution in [0.15, 0.2) is 30.3 Å². The molecule has 25 heavy (non-hydrogen) atoms. The Hall–Kier alpha value is -2.83. The molecule has 0 aliphatic carbocycles. The fourth-order valence-corrected chi connectivity index (χ4v) is 3.03. The summed E-state index contributed by atoms with van der Waals surface area (Å²) in [5.41, 5.74) is 3.27. The summed E-state index contributed by atoms with van der Waals surface area (Å²) in [7, 11) is 0. The maximum atomic E-state index is 12.8. The van der Waals surface area contributed by atoms with E-state index in [1.165, 1.54) is 4.68 Å². The number of aromatic nitrogens is 3. The van der Waals surface area contributed by atoms with E-state index in [0.717, 1.165) is 11.3 Å². The lowest BCUT2D eigenvalue weighted by Crippen LogP contribution is -2.17. The molecule has 1 N–H and O–H groups in total.